The number of rotatable bonds is 6. The van der Waals surface area contributed by atoms with Crippen molar-refractivity contribution in [3.63, 3.8) is 0 Å². The molecule has 0 radical (unpaired) electrons. The van der Waals surface area contributed by atoms with Crippen molar-refractivity contribution in [2.24, 2.45) is 5.92 Å². The van der Waals surface area contributed by atoms with E-state index in [0.717, 1.165) is 24.8 Å². The number of anilines is 1. The Hall–Kier alpha value is -3.44. The highest BCUT2D eigenvalue weighted by Crippen LogP contribution is 2.32. The quantitative estimate of drug-likeness (QED) is 0.488. The van der Waals surface area contributed by atoms with Crippen LogP contribution >= 0.6 is 0 Å². The summed E-state index contributed by atoms with van der Waals surface area (Å²) >= 11 is 0. The van der Waals surface area contributed by atoms with Crippen LogP contribution in [-0.4, -0.2) is 65.8 Å². The van der Waals surface area contributed by atoms with Gasteiger partial charge in [0.15, 0.2) is 5.76 Å². The second-order valence-corrected chi connectivity index (χ2v) is 11.9. The van der Waals surface area contributed by atoms with E-state index < -0.39 is 10.0 Å². The molecule has 38 heavy (non-hydrogen) atoms. The van der Waals surface area contributed by atoms with Gasteiger partial charge in [-0.25, -0.2) is 8.42 Å². The van der Waals surface area contributed by atoms with Crippen LogP contribution in [0.15, 0.2) is 45.9 Å². The summed E-state index contributed by atoms with van der Waals surface area (Å²) in [6.45, 7) is 5.14. The van der Waals surface area contributed by atoms with Gasteiger partial charge < -0.3 is 19.7 Å². The van der Waals surface area contributed by atoms with E-state index in [1.165, 1.54) is 4.31 Å². The maximum atomic E-state index is 13.8. The third-order valence-corrected chi connectivity index (χ3v) is 9.52. The average molecular weight is 540 g/mol. The van der Waals surface area contributed by atoms with Crippen molar-refractivity contribution >= 4 is 27.5 Å². The van der Waals surface area contributed by atoms with Crippen molar-refractivity contribution in [3.8, 4) is 11.3 Å². The van der Waals surface area contributed by atoms with Gasteiger partial charge in [-0.1, -0.05) is 17.3 Å². The summed E-state index contributed by atoms with van der Waals surface area (Å²) in [5.41, 5.74) is 2.72. The van der Waals surface area contributed by atoms with Crippen LogP contribution < -0.4 is 5.32 Å². The van der Waals surface area contributed by atoms with Crippen LogP contribution in [0.4, 0.5) is 5.69 Å². The number of nitrogens with one attached hydrogen (secondary N) is 2. The number of sulfonamides is 1. The van der Waals surface area contributed by atoms with Gasteiger partial charge in [0.05, 0.1) is 11.8 Å². The van der Waals surface area contributed by atoms with Crippen LogP contribution in [0.2, 0.25) is 0 Å². The van der Waals surface area contributed by atoms with E-state index in [9.17, 15) is 18.0 Å². The third kappa shape index (κ3) is 5.12. The zero-order chi connectivity index (χ0) is 26.9. The fraction of sp³-hybridized carbons (Fsp3) is 0.444. The number of nitrogens with zero attached hydrogens (tertiary/aromatic N) is 3. The number of H-pyrrole nitrogens is 1. The van der Waals surface area contributed by atoms with E-state index in [-0.39, 0.29) is 41.3 Å². The van der Waals surface area contributed by atoms with Crippen LogP contribution in [0, 0.1) is 19.8 Å². The van der Waals surface area contributed by atoms with Gasteiger partial charge in [0.2, 0.25) is 15.9 Å². The standard InChI is InChI=1S/C27H33N5O5S/c1-18-24(27(34)31-13-4-3-5-14-31)25(19(2)29-18)38(35,36)32-15-10-20(11-16-32)26(33)30-22-8-6-7-21(17-22)23-9-12-28-37-23/h6-9,12,17,20,29H,3-5,10-11,13-16H2,1-2H3,(H,30,33). The summed E-state index contributed by atoms with van der Waals surface area (Å²) in [7, 11) is -3.92. The molecule has 5 rings (SSSR count). The van der Waals surface area contributed by atoms with Crippen molar-refractivity contribution < 1.29 is 22.5 Å². The van der Waals surface area contributed by atoms with Crippen LogP contribution in [0.3, 0.4) is 0 Å². The zero-order valence-electron chi connectivity index (χ0n) is 21.7. The Bertz CT molecular complexity index is 1420. The monoisotopic (exact) mass is 539 g/mol. The van der Waals surface area contributed by atoms with Crippen LogP contribution in [0.25, 0.3) is 11.3 Å². The number of hydrogen-bond donors (Lipinski definition) is 2. The minimum absolute atomic E-state index is 0.0673. The van der Waals surface area contributed by atoms with Gasteiger partial charge in [0, 0.05) is 60.8 Å². The molecule has 0 spiro atoms. The highest BCUT2D eigenvalue weighted by atomic mass is 32.2. The maximum absolute atomic E-state index is 13.8. The zero-order valence-corrected chi connectivity index (χ0v) is 22.5. The van der Waals surface area contributed by atoms with Crippen LogP contribution in [0.5, 0.6) is 0 Å². The fourth-order valence-electron chi connectivity index (χ4n) is 5.44. The number of aryl methyl sites for hydroxylation is 2. The predicted octanol–water partition coefficient (Wildman–Crippen LogP) is 3.95. The Labute approximate surface area is 222 Å². The first-order valence-corrected chi connectivity index (χ1v) is 14.5. The Morgan fingerprint density at radius 1 is 1.03 bits per heavy atom. The first-order valence-electron chi connectivity index (χ1n) is 13.1. The molecule has 4 heterocycles. The number of hydrogen-bond acceptors (Lipinski definition) is 6. The van der Waals surface area contributed by atoms with E-state index in [1.54, 1.807) is 37.1 Å². The van der Waals surface area contributed by atoms with Gasteiger partial charge in [-0.3, -0.25) is 9.59 Å². The fourth-order valence-corrected chi connectivity index (χ4v) is 7.33. The molecule has 2 fully saturated rings. The van der Waals surface area contributed by atoms with Crippen molar-refractivity contribution in [3.05, 3.63) is 53.5 Å². The molecule has 0 saturated carbocycles. The Balaban J connectivity index is 1.27. The van der Waals surface area contributed by atoms with Gasteiger partial charge in [0.1, 0.15) is 4.90 Å². The molecule has 202 valence electrons. The molecule has 3 aromatic rings. The lowest BCUT2D eigenvalue weighted by Crippen LogP contribution is -2.42. The van der Waals surface area contributed by atoms with Gasteiger partial charge >= 0.3 is 0 Å². The van der Waals surface area contributed by atoms with Crippen molar-refractivity contribution in [2.75, 3.05) is 31.5 Å². The normalized spacial score (nSPS) is 17.5. The first-order chi connectivity index (χ1) is 18.3. The number of carbonyl (C=O) groups is 2. The minimum Gasteiger partial charge on any atom is -0.361 e. The number of benzene rings is 1. The van der Waals surface area contributed by atoms with Crippen molar-refractivity contribution in [1.29, 1.82) is 0 Å². The van der Waals surface area contributed by atoms with Crippen LogP contribution in [-0.2, 0) is 14.8 Å². The second kappa shape index (κ2) is 10.7. The highest BCUT2D eigenvalue weighted by Gasteiger charge is 2.38. The summed E-state index contributed by atoms with van der Waals surface area (Å²) < 4.78 is 34.1. The van der Waals surface area contributed by atoms with Gasteiger partial charge in [-0.05, 0) is 58.1 Å². The number of amides is 2. The lowest BCUT2D eigenvalue weighted by molar-refractivity contribution is -0.120. The topological polar surface area (TPSA) is 129 Å². The summed E-state index contributed by atoms with van der Waals surface area (Å²) in [4.78, 5) is 31.3. The average Bonchev–Trinajstić information content (AvgIpc) is 3.57. The lowest BCUT2D eigenvalue weighted by Gasteiger charge is -2.31. The highest BCUT2D eigenvalue weighted by molar-refractivity contribution is 7.89. The van der Waals surface area contributed by atoms with E-state index in [2.05, 4.69) is 15.5 Å². The molecule has 2 N–H and O–H groups in total. The Morgan fingerprint density at radius 3 is 2.45 bits per heavy atom. The molecule has 0 aliphatic carbocycles. The second-order valence-electron chi connectivity index (χ2n) is 10.1. The van der Waals surface area contributed by atoms with Crippen molar-refractivity contribution in [2.45, 2.75) is 50.8 Å². The molecule has 10 nitrogen and oxygen atoms in total. The molecule has 1 aromatic carbocycles. The molecule has 0 atom stereocenters. The maximum Gasteiger partial charge on any atom is 0.257 e. The number of piperidine rings is 2. The SMILES string of the molecule is Cc1[nH]c(C)c(S(=O)(=O)N2CCC(C(=O)Nc3cccc(-c4ccno4)c3)CC2)c1C(=O)N1CCCCC1. The van der Waals surface area contributed by atoms with Gasteiger partial charge in [-0.15, -0.1) is 0 Å². The molecule has 2 saturated heterocycles. The first kappa shape index (κ1) is 26.2. The summed E-state index contributed by atoms with van der Waals surface area (Å²) in [6, 6.07) is 9.06. The van der Waals surface area contributed by atoms with Gasteiger partial charge in [0.25, 0.3) is 5.91 Å². The molecule has 2 aliphatic rings. The molecular formula is C27H33N5O5S. The van der Waals surface area contributed by atoms with E-state index in [0.29, 0.717) is 48.8 Å². The van der Waals surface area contributed by atoms with Gasteiger partial charge in [-0.2, -0.15) is 4.31 Å². The smallest absolute Gasteiger partial charge is 0.257 e. The van der Waals surface area contributed by atoms with E-state index >= 15 is 0 Å². The summed E-state index contributed by atoms with van der Waals surface area (Å²) in [5.74, 6) is -0.0923. The summed E-state index contributed by atoms with van der Waals surface area (Å²) in [6.07, 6.45) is 5.28. The number of likely N-dealkylation sites (tertiary alicyclic amines) is 1. The molecule has 2 aromatic heterocycles. The van der Waals surface area contributed by atoms with E-state index in [1.807, 2.05) is 18.2 Å². The molecule has 11 heteroatoms. The largest absolute Gasteiger partial charge is 0.361 e. The molecule has 2 amide bonds. The lowest BCUT2D eigenvalue weighted by atomic mass is 9.97. The number of aromatic nitrogens is 2. The molecule has 0 bridgehead atoms. The van der Waals surface area contributed by atoms with Crippen LogP contribution in [0.1, 0.15) is 53.8 Å². The summed E-state index contributed by atoms with van der Waals surface area (Å²) in [5, 5.41) is 6.67. The Kier molecular flexibility index (Phi) is 7.40. The molecular weight excluding hydrogens is 506 g/mol. The predicted molar refractivity (Wildman–Crippen MR) is 142 cm³/mol. The minimum atomic E-state index is -3.92. The van der Waals surface area contributed by atoms with E-state index in [4.69, 9.17) is 4.52 Å². The Morgan fingerprint density at radius 2 is 1.76 bits per heavy atom. The molecule has 2 aliphatic heterocycles. The number of aromatic amines is 1. The molecule has 0 unspecified atom stereocenters. The third-order valence-electron chi connectivity index (χ3n) is 7.45. The van der Waals surface area contributed by atoms with Crippen molar-refractivity contribution in [1.82, 2.24) is 19.3 Å². The number of carbonyl (C=O) groups excluding carboxylic acids is 2.